The van der Waals surface area contributed by atoms with Crippen molar-refractivity contribution in [2.24, 2.45) is 17.8 Å². The van der Waals surface area contributed by atoms with Gasteiger partial charge in [-0.15, -0.1) is 0 Å². The van der Waals surface area contributed by atoms with E-state index in [9.17, 15) is 13.2 Å². The molecule has 1 aromatic rings. The zero-order valence-corrected chi connectivity index (χ0v) is 19.8. The molecule has 0 heterocycles. The lowest BCUT2D eigenvalue weighted by Gasteiger charge is -2.32. The maximum Gasteiger partial charge on any atom is 0.165 e. The highest BCUT2D eigenvalue weighted by atomic mass is 19.2. The number of rotatable bonds is 10. The Bertz CT molecular complexity index is 667. The quantitative estimate of drug-likeness (QED) is 0.253. The fourth-order valence-electron chi connectivity index (χ4n) is 6.16. The lowest BCUT2D eigenvalue weighted by atomic mass is 9.73. The van der Waals surface area contributed by atoms with Crippen molar-refractivity contribution < 1.29 is 13.2 Å². The maximum atomic E-state index is 14.3. The highest BCUT2D eigenvalue weighted by molar-refractivity contribution is 5.30. The molecular weight excluding hydrogens is 393 g/mol. The van der Waals surface area contributed by atoms with E-state index < -0.39 is 17.5 Å². The van der Waals surface area contributed by atoms with Crippen LogP contribution in [0.25, 0.3) is 0 Å². The molecule has 3 heteroatoms. The second-order valence-electron chi connectivity index (χ2n) is 10.6. The fraction of sp³-hybridized carbons (Fsp3) is 0.786. The number of benzene rings is 1. The van der Waals surface area contributed by atoms with Gasteiger partial charge in [0.15, 0.2) is 11.6 Å². The van der Waals surface area contributed by atoms with Gasteiger partial charge in [0.1, 0.15) is 5.82 Å². The fourth-order valence-corrected chi connectivity index (χ4v) is 6.16. The van der Waals surface area contributed by atoms with Crippen LogP contribution in [0.1, 0.15) is 127 Å². The molecule has 0 saturated heterocycles. The number of hydrogen-bond donors (Lipinski definition) is 0. The van der Waals surface area contributed by atoms with E-state index in [-0.39, 0.29) is 17.0 Å². The molecule has 2 aliphatic carbocycles. The van der Waals surface area contributed by atoms with Crippen LogP contribution in [-0.2, 0) is 0 Å². The first-order valence-corrected chi connectivity index (χ1v) is 13.1. The standard InChI is InChI=1S/C28H43F3/c1-3-4-5-6-7-8-21-9-11-22(12-10-21)13-14-23-15-17-24(18-16-23)26-25(29)19-20(2)27(30)28(26)31/h19,21-24H,3-18H2,1-2H3. The molecule has 0 radical (unpaired) electrons. The second kappa shape index (κ2) is 12.3. The maximum absolute atomic E-state index is 14.3. The van der Waals surface area contributed by atoms with Crippen LogP contribution < -0.4 is 0 Å². The zero-order chi connectivity index (χ0) is 22.2. The molecule has 0 amide bonds. The molecule has 31 heavy (non-hydrogen) atoms. The average molecular weight is 437 g/mol. The van der Waals surface area contributed by atoms with Crippen LogP contribution in [0, 0.1) is 42.1 Å². The lowest BCUT2D eigenvalue weighted by molar-refractivity contribution is 0.221. The third-order valence-electron chi connectivity index (χ3n) is 8.30. The third kappa shape index (κ3) is 6.99. The third-order valence-corrected chi connectivity index (χ3v) is 8.30. The van der Waals surface area contributed by atoms with Crippen LogP contribution in [0.4, 0.5) is 13.2 Å². The summed E-state index contributed by atoms with van der Waals surface area (Å²) >= 11 is 0. The van der Waals surface area contributed by atoms with E-state index >= 15 is 0 Å². The van der Waals surface area contributed by atoms with E-state index in [1.165, 1.54) is 84.0 Å². The zero-order valence-electron chi connectivity index (χ0n) is 19.8. The average Bonchev–Trinajstić information content (AvgIpc) is 2.78. The van der Waals surface area contributed by atoms with Crippen molar-refractivity contribution in [2.75, 3.05) is 0 Å². The van der Waals surface area contributed by atoms with Gasteiger partial charge < -0.3 is 0 Å². The van der Waals surface area contributed by atoms with Crippen molar-refractivity contribution in [3.05, 3.63) is 34.6 Å². The molecule has 0 N–H and O–H groups in total. The molecule has 2 aliphatic rings. The Labute approximate surface area is 188 Å². The summed E-state index contributed by atoms with van der Waals surface area (Å²) < 4.78 is 42.6. The molecular formula is C28H43F3. The Balaban J connectivity index is 1.34. The molecule has 176 valence electrons. The van der Waals surface area contributed by atoms with Crippen LogP contribution in [0.5, 0.6) is 0 Å². The molecule has 2 saturated carbocycles. The van der Waals surface area contributed by atoms with Gasteiger partial charge in [0.05, 0.1) is 0 Å². The Hall–Kier alpha value is -0.990. The van der Waals surface area contributed by atoms with E-state index in [0.29, 0.717) is 5.92 Å². The van der Waals surface area contributed by atoms with Crippen molar-refractivity contribution in [2.45, 2.75) is 122 Å². The van der Waals surface area contributed by atoms with Crippen LogP contribution in [0.2, 0.25) is 0 Å². The summed E-state index contributed by atoms with van der Waals surface area (Å²) in [6.45, 7) is 3.70. The molecule has 0 nitrogen and oxygen atoms in total. The van der Waals surface area contributed by atoms with Crippen LogP contribution >= 0.6 is 0 Å². The van der Waals surface area contributed by atoms with Gasteiger partial charge in [0.2, 0.25) is 0 Å². The minimum atomic E-state index is -0.955. The normalized spacial score (nSPS) is 26.9. The minimum absolute atomic E-state index is 0.00503. The van der Waals surface area contributed by atoms with E-state index in [4.69, 9.17) is 0 Å². The van der Waals surface area contributed by atoms with Gasteiger partial charge in [-0.3, -0.25) is 0 Å². The summed E-state index contributed by atoms with van der Waals surface area (Å²) in [5.41, 5.74) is 0.0493. The first kappa shape index (κ1) is 24.6. The molecule has 0 unspecified atom stereocenters. The van der Waals surface area contributed by atoms with Crippen molar-refractivity contribution >= 4 is 0 Å². The second-order valence-corrected chi connectivity index (χ2v) is 10.6. The predicted molar refractivity (Wildman–Crippen MR) is 124 cm³/mol. The van der Waals surface area contributed by atoms with E-state index in [1.54, 1.807) is 0 Å². The molecule has 0 aromatic heterocycles. The van der Waals surface area contributed by atoms with Gasteiger partial charge in [-0.25, -0.2) is 13.2 Å². The topological polar surface area (TPSA) is 0 Å². The molecule has 1 aromatic carbocycles. The summed E-state index contributed by atoms with van der Waals surface area (Å²) in [6, 6.07) is 1.15. The van der Waals surface area contributed by atoms with Gasteiger partial charge in [0.25, 0.3) is 0 Å². The number of halogens is 3. The van der Waals surface area contributed by atoms with Crippen molar-refractivity contribution in [3.63, 3.8) is 0 Å². The number of hydrogen-bond acceptors (Lipinski definition) is 0. The predicted octanol–water partition coefficient (Wildman–Crippen LogP) is 9.63. The SMILES string of the molecule is CCCCCCCC1CCC(CCC2CCC(c3c(F)cc(C)c(F)c3F)CC2)CC1. The molecule has 3 rings (SSSR count). The lowest BCUT2D eigenvalue weighted by Crippen LogP contribution is -2.19. The van der Waals surface area contributed by atoms with Crippen molar-refractivity contribution in [1.29, 1.82) is 0 Å². The Kier molecular flexibility index (Phi) is 9.78. The summed E-state index contributed by atoms with van der Waals surface area (Å²) in [7, 11) is 0. The first-order chi connectivity index (χ1) is 15.0. The first-order valence-electron chi connectivity index (χ1n) is 13.1. The van der Waals surface area contributed by atoms with Gasteiger partial charge in [0, 0.05) is 5.56 Å². The van der Waals surface area contributed by atoms with E-state index in [2.05, 4.69) is 6.92 Å². The minimum Gasteiger partial charge on any atom is -0.207 e. The summed E-state index contributed by atoms with van der Waals surface area (Å²) in [6.07, 6.45) is 20.2. The molecule has 0 aliphatic heterocycles. The van der Waals surface area contributed by atoms with Crippen molar-refractivity contribution in [3.8, 4) is 0 Å². The van der Waals surface area contributed by atoms with Crippen LogP contribution in [0.3, 0.4) is 0 Å². The Morgan fingerprint density at radius 1 is 0.677 bits per heavy atom. The molecule has 0 spiro atoms. The van der Waals surface area contributed by atoms with Gasteiger partial charge in [-0.05, 0) is 67.9 Å². The summed E-state index contributed by atoms with van der Waals surface area (Å²) in [5, 5.41) is 0. The number of unbranched alkanes of at least 4 members (excludes halogenated alkanes) is 4. The monoisotopic (exact) mass is 436 g/mol. The molecule has 2 fully saturated rings. The van der Waals surface area contributed by atoms with E-state index in [0.717, 1.165) is 43.6 Å². The van der Waals surface area contributed by atoms with Gasteiger partial charge >= 0.3 is 0 Å². The Morgan fingerprint density at radius 2 is 1.19 bits per heavy atom. The highest BCUT2D eigenvalue weighted by Gasteiger charge is 2.29. The highest BCUT2D eigenvalue weighted by Crippen LogP contribution is 2.42. The summed E-state index contributed by atoms with van der Waals surface area (Å²) in [4.78, 5) is 0. The van der Waals surface area contributed by atoms with Gasteiger partial charge in [-0.1, -0.05) is 84.0 Å². The largest absolute Gasteiger partial charge is 0.207 e. The van der Waals surface area contributed by atoms with Crippen LogP contribution in [0.15, 0.2) is 6.07 Å². The Morgan fingerprint density at radius 3 is 1.77 bits per heavy atom. The smallest absolute Gasteiger partial charge is 0.165 e. The molecule has 0 atom stereocenters. The molecule has 0 bridgehead atoms. The van der Waals surface area contributed by atoms with Crippen molar-refractivity contribution in [1.82, 2.24) is 0 Å². The van der Waals surface area contributed by atoms with Gasteiger partial charge in [-0.2, -0.15) is 0 Å². The van der Waals surface area contributed by atoms with Crippen LogP contribution in [-0.4, -0.2) is 0 Å². The summed E-state index contributed by atoms with van der Waals surface area (Å²) in [5.74, 6) is -0.0450. The number of aryl methyl sites for hydroxylation is 1. The van der Waals surface area contributed by atoms with E-state index in [1.807, 2.05) is 0 Å².